The van der Waals surface area contributed by atoms with Crippen LogP contribution in [0.3, 0.4) is 0 Å². The Balaban J connectivity index is 1.49. The van der Waals surface area contributed by atoms with Crippen molar-refractivity contribution in [3.63, 3.8) is 0 Å². The number of nitrogens with zero attached hydrogens (tertiary/aromatic N) is 5. The van der Waals surface area contributed by atoms with E-state index in [1.54, 1.807) is 41.7 Å². The van der Waals surface area contributed by atoms with E-state index < -0.39 is 47.7 Å². The van der Waals surface area contributed by atoms with Gasteiger partial charge in [-0.05, 0) is 27.2 Å². The summed E-state index contributed by atoms with van der Waals surface area (Å²) in [4.78, 5) is 50.7. The molecular weight excluding hydrogens is 1050 g/mol. The molecule has 3 aromatic rings. The van der Waals surface area contributed by atoms with Gasteiger partial charge in [0.15, 0.2) is 6.23 Å². The molecule has 0 spiro atoms. The summed E-state index contributed by atoms with van der Waals surface area (Å²) in [7, 11) is 1.65. The van der Waals surface area contributed by atoms with Gasteiger partial charge >= 0.3 is 249 Å². The molecule has 17 nitrogen and oxygen atoms in total. The number of morpholine rings is 1. The molecule has 3 N–H and O–H groups in total. The summed E-state index contributed by atoms with van der Waals surface area (Å²) in [6.07, 6.45) is 8.05. The van der Waals surface area contributed by atoms with Gasteiger partial charge in [-0.2, -0.15) is 5.43 Å². The molecular formula is C48H64N7O10SW-. The Kier molecular flexibility index (Phi) is 18.6. The van der Waals surface area contributed by atoms with Crippen LogP contribution in [0.25, 0.3) is 32.6 Å². The summed E-state index contributed by atoms with van der Waals surface area (Å²) < 4.78 is 38.6. The second-order valence-corrected chi connectivity index (χ2v) is 20.2. The molecule has 5 atom stereocenters. The number of methoxy groups -OCH3 is 1. The second kappa shape index (κ2) is 23.9. The van der Waals surface area contributed by atoms with Crippen molar-refractivity contribution in [2.75, 3.05) is 53.2 Å². The van der Waals surface area contributed by atoms with Gasteiger partial charge in [-0.25, -0.2) is 16.3 Å². The van der Waals surface area contributed by atoms with Crippen LogP contribution in [0.4, 0.5) is 4.79 Å². The SMILES string of the molecule is [C-]#[N+][C@H]1COCCN1[C@H](c1nc(-c2ccc3c(c2)c(CC(C)(C)O)c(C(=[C-][C@H](C)OC)/C=C\[CH]=[W])n3CCOC2CCOCC2)cs1)[C@H](NC(=O)OC(C)(C)C)C(=O)N1CCC[C@@H](OC=O)N1. The summed E-state index contributed by atoms with van der Waals surface area (Å²) in [5.41, 5.74) is 6.02. The Morgan fingerprint density at radius 1 is 1.16 bits per heavy atom. The van der Waals surface area contributed by atoms with Crippen molar-refractivity contribution in [3.8, 4) is 11.3 Å². The van der Waals surface area contributed by atoms with E-state index in [1.165, 1.54) is 35.7 Å². The molecule has 0 aliphatic carbocycles. The van der Waals surface area contributed by atoms with Crippen LogP contribution in [-0.2, 0) is 70.3 Å². The normalized spacial score (nSPS) is 20.6. The number of alkyl carbamates (subject to hydrolysis) is 1. The third-order valence-corrected chi connectivity index (χ3v) is 13.0. The quantitative estimate of drug-likeness (QED) is 0.0776. The molecule has 1 aromatic carbocycles. The number of fused-ring (bicyclic) bond motifs is 1. The van der Waals surface area contributed by atoms with Gasteiger partial charge in [0.05, 0.1) is 12.6 Å². The summed E-state index contributed by atoms with van der Waals surface area (Å²) in [5, 5.41) is 19.0. The van der Waals surface area contributed by atoms with E-state index in [-0.39, 0.29) is 38.5 Å². The van der Waals surface area contributed by atoms with Gasteiger partial charge in [0.1, 0.15) is 18.2 Å². The predicted molar refractivity (Wildman–Crippen MR) is 250 cm³/mol. The standard InChI is InChI=1S/C48H64N7O10S.W/c1-10-12-33(25-31(2)60-9)42-36(27-48(6,7)59)35-26-32(14-15-38(35)53(42)20-24-63-34-16-21-61-22-17-34)37-29-66-44(50-37)43(54-19-23-62-28-39(54)49-8)41(51-46(58)65-47(3,4)5)45(57)55-18-11-13-40(52-55)64-30-56;/h1,10,12,14-15,26,29-31,34,39-41,43,52,59H,11,13,16-24,27-28H2,2-7,9H3,(H,51,58);/q-1;/b12-10-;/t31-,39+,40+,41-,43-;/m0./s1. The van der Waals surface area contributed by atoms with Gasteiger partial charge in [0.2, 0.25) is 0 Å². The molecule has 3 fully saturated rings. The number of aliphatic hydroxyl groups is 1. The van der Waals surface area contributed by atoms with Crippen molar-refractivity contribution in [2.24, 2.45) is 0 Å². The first kappa shape index (κ1) is 52.2. The molecule has 67 heavy (non-hydrogen) atoms. The van der Waals surface area contributed by atoms with Crippen LogP contribution < -0.4 is 10.7 Å². The first-order chi connectivity index (χ1) is 32.0. The molecule has 5 heterocycles. The van der Waals surface area contributed by atoms with Gasteiger partial charge in [-0.1, -0.05) is 0 Å². The zero-order valence-electron chi connectivity index (χ0n) is 39.4. The molecule has 3 saturated heterocycles. The summed E-state index contributed by atoms with van der Waals surface area (Å²) in [6, 6.07) is 3.92. The number of thiazole rings is 1. The summed E-state index contributed by atoms with van der Waals surface area (Å²) in [6.45, 7) is 22.5. The number of benzene rings is 1. The molecule has 2 amide bonds. The van der Waals surface area contributed by atoms with Gasteiger partial charge < -0.3 is 24.3 Å². The molecule has 364 valence electrons. The van der Waals surface area contributed by atoms with Crippen molar-refractivity contribution in [3.05, 3.63) is 69.5 Å². The number of rotatable bonds is 19. The number of nitrogens with one attached hydrogen (secondary N) is 2. The molecule has 3 aliphatic heterocycles. The van der Waals surface area contributed by atoms with Crippen molar-refractivity contribution < 1.29 is 67.3 Å². The van der Waals surface area contributed by atoms with E-state index in [0.717, 1.165) is 46.1 Å². The average molecular weight is 1110 g/mol. The Bertz CT molecular complexity index is 2290. The Labute approximate surface area is 408 Å². The number of hydrogen-bond donors (Lipinski definition) is 3. The monoisotopic (exact) mass is 1110 g/mol. The molecule has 2 aromatic heterocycles. The first-order valence-corrected chi connectivity index (χ1v) is 25.3. The molecule has 6 rings (SSSR count). The summed E-state index contributed by atoms with van der Waals surface area (Å²) in [5.74, 6) is -0.519. The van der Waals surface area contributed by atoms with Crippen LogP contribution in [0, 0.1) is 12.6 Å². The number of ether oxygens (including phenoxy) is 6. The number of carbonyl (C=O) groups is 3. The molecule has 0 unspecified atom stereocenters. The topological polar surface area (TPSA) is 180 Å². The van der Waals surface area contributed by atoms with Crippen molar-refractivity contribution in [2.45, 2.75) is 128 Å². The first-order valence-electron chi connectivity index (χ1n) is 22.7. The smallest absolute Gasteiger partial charge is 0.447 e. The fraction of sp³-hybridized carbons (Fsp3) is 0.583. The number of hydrogen-bond acceptors (Lipinski definition) is 14. The van der Waals surface area contributed by atoms with Gasteiger partial charge in [0, 0.05) is 19.5 Å². The van der Waals surface area contributed by atoms with E-state index in [4.69, 9.17) is 40.0 Å². The van der Waals surface area contributed by atoms with Crippen LogP contribution in [0.15, 0.2) is 35.7 Å². The average Bonchev–Trinajstić information content (AvgIpc) is 3.89. The van der Waals surface area contributed by atoms with E-state index in [2.05, 4.69) is 38.4 Å². The van der Waals surface area contributed by atoms with Crippen LogP contribution in [-0.4, -0.2) is 143 Å². The van der Waals surface area contributed by atoms with E-state index >= 15 is 0 Å². The van der Waals surface area contributed by atoms with Crippen molar-refractivity contribution in [1.29, 1.82) is 0 Å². The predicted octanol–water partition coefficient (Wildman–Crippen LogP) is 5.54. The zero-order valence-corrected chi connectivity index (χ0v) is 43.2. The second-order valence-electron chi connectivity index (χ2n) is 18.4. The maximum absolute atomic E-state index is 14.8. The molecule has 0 radical (unpaired) electrons. The van der Waals surface area contributed by atoms with Crippen LogP contribution in [0.5, 0.6) is 0 Å². The Morgan fingerprint density at radius 2 is 1.94 bits per heavy atom. The molecule has 19 heteroatoms. The minimum absolute atomic E-state index is 0.0898. The fourth-order valence-corrected chi connectivity index (χ4v) is 9.79. The number of carbonyl (C=O) groups excluding carboxylic acids is 3. The number of amides is 2. The minimum atomic E-state index is -1.30. The molecule has 0 saturated carbocycles. The number of aromatic nitrogens is 2. The molecule has 3 aliphatic rings. The van der Waals surface area contributed by atoms with Crippen LogP contribution in [0.1, 0.15) is 89.5 Å². The Hall–Kier alpha value is -4.15. The zero-order chi connectivity index (χ0) is 48.3. The number of hydrazine groups is 1. The van der Waals surface area contributed by atoms with Crippen molar-refractivity contribution >= 4 is 50.7 Å². The Morgan fingerprint density at radius 3 is 2.63 bits per heavy atom. The third kappa shape index (κ3) is 14.0. The summed E-state index contributed by atoms with van der Waals surface area (Å²) >= 11 is 2.62. The molecule has 0 bridgehead atoms. The van der Waals surface area contributed by atoms with E-state index in [0.29, 0.717) is 62.8 Å². The fourth-order valence-electron chi connectivity index (χ4n) is 8.52. The third-order valence-electron chi connectivity index (χ3n) is 11.5. The van der Waals surface area contributed by atoms with Crippen LogP contribution >= 0.6 is 11.3 Å². The van der Waals surface area contributed by atoms with E-state index in [1.807, 2.05) is 39.8 Å². The van der Waals surface area contributed by atoms with Gasteiger partial charge in [-0.3, -0.25) is 19.4 Å². The maximum atomic E-state index is 14.8. The van der Waals surface area contributed by atoms with Gasteiger partial charge in [-0.15, -0.1) is 0 Å². The van der Waals surface area contributed by atoms with Crippen molar-refractivity contribution in [1.82, 2.24) is 30.2 Å². The van der Waals surface area contributed by atoms with E-state index in [9.17, 15) is 19.5 Å². The van der Waals surface area contributed by atoms with Crippen LogP contribution in [0.2, 0.25) is 0 Å². The number of allylic oxidation sites excluding steroid dienone is 3. The van der Waals surface area contributed by atoms with Gasteiger partial charge in [0.25, 0.3) is 12.4 Å². The minimum Gasteiger partial charge on any atom is -0.447 e.